The lowest BCUT2D eigenvalue weighted by Crippen LogP contribution is -2.50. The monoisotopic (exact) mass is 429 g/mol. The molecule has 164 valence electrons. The van der Waals surface area contributed by atoms with Crippen molar-refractivity contribution in [2.75, 3.05) is 18.4 Å². The highest BCUT2D eigenvalue weighted by Crippen LogP contribution is 2.24. The number of primary amides is 1. The topological polar surface area (TPSA) is 127 Å². The fourth-order valence-electron chi connectivity index (χ4n) is 3.71. The zero-order chi connectivity index (χ0) is 22.5. The number of carbonyl (C=O) groups is 3. The van der Waals surface area contributed by atoms with Crippen LogP contribution in [0.3, 0.4) is 0 Å². The molecule has 2 heterocycles. The number of pyridine rings is 1. The Kier molecular flexibility index (Phi) is 6.81. The second-order valence-corrected chi connectivity index (χ2v) is 7.38. The van der Waals surface area contributed by atoms with Crippen molar-refractivity contribution in [1.82, 2.24) is 14.8 Å². The van der Waals surface area contributed by atoms with Crippen LogP contribution in [-0.2, 0) is 14.4 Å². The molecule has 1 aromatic heterocycles. The van der Waals surface area contributed by atoms with Crippen molar-refractivity contribution in [2.24, 2.45) is 5.73 Å². The van der Waals surface area contributed by atoms with Gasteiger partial charge in [-0.05, 0) is 31.0 Å². The fraction of sp³-hybridized carbons (Fsp3) is 0.333. The molecule has 1 aromatic carbocycles. The predicted octanol–water partition coefficient (Wildman–Crippen LogP) is 0.370. The summed E-state index contributed by atoms with van der Waals surface area (Å²) in [5.74, 6) is -2.00. The average molecular weight is 429 g/mol. The molecule has 31 heavy (non-hydrogen) atoms. The molecule has 1 fully saturated rings. The van der Waals surface area contributed by atoms with E-state index in [1.54, 1.807) is 17.0 Å². The van der Waals surface area contributed by atoms with Crippen LogP contribution in [0.15, 0.2) is 47.4 Å². The van der Waals surface area contributed by atoms with Gasteiger partial charge in [-0.25, -0.2) is 4.39 Å². The molecule has 2 aromatic rings. The SMILES string of the molecule is CC(=O)NC[C@@H]1CCC(C(N)=O)N1CC(=O)Nc1ccc(-n2ccccc2=O)cc1F. The molecule has 0 saturated carbocycles. The number of hydrogen-bond acceptors (Lipinski definition) is 5. The van der Waals surface area contributed by atoms with Crippen LogP contribution >= 0.6 is 0 Å². The number of benzene rings is 1. The molecule has 1 aliphatic heterocycles. The Labute approximate surface area is 178 Å². The minimum atomic E-state index is -0.704. The minimum Gasteiger partial charge on any atom is -0.368 e. The highest BCUT2D eigenvalue weighted by Gasteiger charge is 2.37. The number of likely N-dealkylation sites (tertiary alicyclic amines) is 1. The summed E-state index contributed by atoms with van der Waals surface area (Å²) in [6.07, 6.45) is 2.58. The molecule has 4 N–H and O–H groups in total. The normalized spacial score (nSPS) is 18.5. The van der Waals surface area contributed by atoms with E-state index in [9.17, 15) is 23.6 Å². The number of rotatable bonds is 7. The van der Waals surface area contributed by atoms with Crippen LogP contribution in [0.1, 0.15) is 19.8 Å². The first-order chi connectivity index (χ1) is 14.8. The van der Waals surface area contributed by atoms with Crippen LogP contribution in [0.4, 0.5) is 10.1 Å². The maximum Gasteiger partial charge on any atom is 0.255 e. The minimum absolute atomic E-state index is 0.0500. The number of nitrogens with one attached hydrogen (secondary N) is 2. The Bertz CT molecular complexity index is 1050. The van der Waals surface area contributed by atoms with Gasteiger partial charge in [-0.2, -0.15) is 0 Å². The summed E-state index contributed by atoms with van der Waals surface area (Å²) in [7, 11) is 0. The molecule has 2 atom stereocenters. The van der Waals surface area contributed by atoms with Crippen molar-refractivity contribution in [3.63, 3.8) is 0 Å². The smallest absolute Gasteiger partial charge is 0.255 e. The Balaban J connectivity index is 1.71. The van der Waals surface area contributed by atoms with Crippen LogP contribution < -0.4 is 21.9 Å². The standard InChI is InChI=1S/C21H24FN5O4/c1-13(28)24-11-15-6-8-18(21(23)31)27(15)12-19(29)25-17-7-5-14(10-16(17)22)26-9-3-2-4-20(26)30/h2-5,7,9-10,15,18H,6,8,11-12H2,1H3,(H2,23,31)(H,24,28)(H,25,29)/t15-,18?/m0/s1. The van der Waals surface area contributed by atoms with Gasteiger partial charge < -0.3 is 16.4 Å². The van der Waals surface area contributed by atoms with Crippen LogP contribution in [0.5, 0.6) is 0 Å². The number of nitrogens with zero attached hydrogens (tertiary/aromatic N) is 2. The van der Waals surface area contributed by atoms with Crippen molar-refractivity contribution in [3.05, 3.63) is 58.8 Å². The van der Waals surface area contributed by atoms with Crippen molar-refractivity contribution >= 4 is 23.4 Å². The predicted molar refractivity (Wildman–Crippen MR) is 112 cm³/mol. The molecule has 3 rings (SSSR count). The van der Waals surface area contributed by atoms with Gasteiger partial charge in [0.2, 0.25) is 17.7 Å². The molecule has 0 bridgehead atoms. The van der Waals surface area contributed by atoms with Crippen molar-refractivity contribution in [2.45, 2.75) is 31.8 Å². The third-order valence-corrected chi connectivity index (χ3v) is 5.21. The molecular weight excluding hydrogens is 405 g/mol. The summed E-state index contributed by atoms with van der Waals surface area (Å²) >= 11 is 0. The lowest BCUT2D eigenvalue weighted by molar-refractivity contribution is -0.124. The fourth-order valence-corrected chi connectivity index (χ4v) is 3.71. The van der Waals surface area contributed by atoms with E-state index in [0.717, 1.165) is 6.07 Å². The summed E-state index contributed by atoms with van der Waals surface area (Å²) in [4.78, 5) is 49.1. The second-order valence-electron chi connectivity index (χ2n) is 7.38. The van der Waals surface area contributed by atoms with Gasteiger partial charge in [0.15, 0.2) is 0 Å². The van der Waals surface area contributed by atoms with E-state index in [2.05, 4.69) is 10.6 Å². The largest absolute Gasteiger partial charge is 0.368 e. The van der Waals surface area contributed by atoms with Gasteiger partial charge in [-0.3, -0.25) is 28.6 Å². The molecule has 1 unspecified atom stereocenters. The first kappa shape index (κ1) is 22.2. The summed E-state index contributed by atoms with van der Waals surface area (Å²) in [6, 6.07) is 7.76. The number of halogens is 1. The van der Waals surface area contributed by atoms with Gasteiger partial charge in [0.25, 0.3) is 5.56 Å². The first-order valence-corrected chi connectivity index (χ1v) is 9.83. The Morgan fingerprint density at radius 3 is 2.61 bits per heavy atom. The van der Waals surface area contributed by atoms with Crippen LogP contribution in [0.2, 0.25) is 0 Å². The first-order valence-electron chi connectivity index (χ1n) is 9.83. The summed E-state index contributed by atoms with van der Waals surface area (Å²) in [5.41, 5.74) is 5.42. The van der Waals surface area contributed by atoms with E-state index in [-0.39, 0.29) is 36.3 Å². The van der Waals surface area contributed by atoms with Gasteiger partial charge in [-0.1, -0.05) is 6.07 Å². The van der Waals surface area contributed by atoms with Crippen LogP contribution in [0.25, 0.3) is 5.69 Å². The zero-order valence-electron chi connectivity index (χ0n) is 17.0. The van der Waals surface area contributed by atoms with Crippen molar-refractivity contribution < 1.29 is 18.8 Å². The third-order valence-electron chi connectivity index (χ3n) is 5.21. The molecule has 1 saturated heterocycles. The number of aromatic nitrogens is 1. The Hall–Kier alpha value is -3.53. The molecule has 0 aliphatic carbocycles. The van der Waals surface area contributed by atoms with E-state index in [1.807, 2.05) is 0 Å². The van der Waals surface area contributed by atoms with Crippen LogP contribution in [0, 0.1) is 5.82 Å². The maximum absolute atomic E-state index is 14.6. The average Bonchev–Trinajstić information content (AvgIpc) is 3.11. The number of nitrogens with two attached hydrogens (primary N) is 1. The van der Waals surface area contributed by atoms with Gasteiger partial charge >= 0.3 is 0 Å². The van der Waals surface area contributed by atoms with Crippen LogP contribution in [-0.4, -0.2) is 52.4 Å². The summed E-state index contributed by atoms with van der Waals surface area (Å²) in [5, 5.41) is 5.18. The number of hydrogen-bond donors (Lipinski definition) is 3. The lowest BCUT2D eigenvalue weighted by atomic mass is 10.2. The summed E-state index contributed by atoms with van der Waals surface area (Å²) < 4.78 is 15.8. The quantitative estimate of drug-likeness (QED) is 0.586. The van der Waals surface area contributed by atoms with E-state index in [4.69, 9.17) is 5.73 Å². The summed E-state index contributed by atoms with van der Waals surface area (Å²) in [6.45, 7) is 1.48. The number of amides is 3. The Morgan fingerprint density at radius 1 is 1.19 bits per heavy atom. The zero-order valence-corrected chi connectivity index (χ0v) is 17.0. The number of anilines is 1. The highest BCUT2D eigenvalue weighted by atomic mass is 19.1. The van der Waals surface area contributed by atoms with Gasteiger partial charge in [0, 0.05) is 37.8 Å². The van der Waals surface area contributed by atoms with Gasteiger partial charge in [0.05, 0.1) is 24.0 Å². The lowest BCUT2D eigenvalue weighted by Gasteiger charge is -2.28. The van der Waals surface area contributed by atoms with E-state index >= 15 is 0 Å². The van der Waals surface area contributed by atoms with Crippen molar-refractivity contribution in [1.29, 1.82) is 0 Å². The highest BCUT2D eigenvalue weighted by molar-refractivity contribution is 5.93. The molecular formula is C21H24FN5O4. The number of carbonyl (C=O) groups excluding carboxylic acids is 3. The Morgan fingerprint density at radius 2 is 1.97 bits per heavy atom. The third kappa shape index (κ3) is 5.34. The second kappa shape index (κ2) is 9.52. The van der Waals surface area contributed by atoms with Gasteiger partial charge in [-0.15, -0.1) is 0 Å². The molecule has 3 amide bonds. The molecule has 0 spiro atoms. The van der Waals surface area contributed by atoms with Gasteiger partial charge in [0.1, 0.15) is 5.82 Å². The maximum atomic E-state index is 14.6. The van der Waals surface area contributed by atoms with E-state index < -0.39 is 23.7 Å². The molecule has 9 nitrogen and oxygen atoms in total. The van der Waals surface area contributed by atoms with E-state index in [1.165, 1.54) is 35.9 Å². The molecule has 1 aliphatic rings. The van der Waals surface area contributed by atoms with Crippen molar-refractivity contribution in [3.8, 4) is 5.69 Å². The molecule has 10 heteroatoms. The molecule has 0 radical (unpaired) electrons. The van der Waals surface area contributed by atoms with E-state index in [0.29, 0.717) is 18.5 Å².